The summed E-state index contributed by atoms with van der Waals surface area (Å²) >= 11 is 6.09. The third kappa shape index (κ3) is 3.82. The highest BCUT2D eigenvalue weighted by Crippen LogP contribution is 2.19. The molecule has 1 aromatic heterocycles. The van der Waals surface area contributed by atoms with Crippen LogP contribution >= 0.6 is 11.6 Å². The SMILES string of the molecule is Cc1ccn(-c2ccc(Cl)cc2CNCC(C)C)n1. The van der Waals surface area contributed by atoms with Crippen molar-refractivity contribution in [1.29, 1.82) is 0 Å². The molecule has 1 heterocycles. The molecule has 3 nitrogen and oxygen atoms in total. The summed E-state index contributed by atoms with van der Waals surface area (Å²) in [4.78, 5) is 0. The molecule has 0 radical (unpaired) electrons. The zero-order valence-corrected chi connectivity index (χ0v) is 12.4. The molecule has 4 heteroatoms. The van der Waals surface area contributed by atoms with E-state index in [4.69, 9.17) is 11.6 Å². The molecule has 0 spiro atoms. The molecular weight excluding hydrogens is 258 g/mol. The third-order valence-electron chi connectivity index (χ3n) is 2.88. The second-order valence-electron chi connectivity index (χ2n) is 5.20. The first-order chi connectivity index (χ1) is 9.06. The molecule has 0 saturated carbocycles. The van der Waals surface area contributed by atoms with E-state index in [1.807, 2.05) is 42.1 Å². The zero-order valence-electron chi connectivity index (χ0n) is 11.7. The molecular formula is C15H20ClN3. The number of nitrogens with zero attached hydrogens (tertiary/aromatic N) is 2. The molecule has 0 aliphatic rings. The molecule has 2 rings (SSSR count). The summed E-state index contributed by atoms with van der Waals surface area (Å²) in [6.45, 7) is 8.17. The largest absolute Gasteiger partial charge is 0.312 e. The van der Waals surface area contributed by atoms with Gasteiger partial charge in [-0.15, -0.1) is 0 Å². The third-order valence-corrected chi connectivity index (χ3v) is 3.11. The van der Waals surface area contributed by atoms with E-state index in [1.165, 1.54) is 0 Å². The van der Waals surface area contributed by atoms with E-state index >= 15 is 0 Å². The van der Waals surface area contributed by atoms with E-state index in [2.05, 4.69) is 24.3 Å². The van der Waals surface area contributed by atoms with Gasteiger partial charge in [0.1, 0.15) is 0 Å². The molecule has 0 bridgehead atoms. The number of halogens is 1. The van der Waals surface area contributed by atoms with Gasteiger partial charge in [0.05, 0.1) is 11.4 Å². The number of rotatable bonds is 5. The van der Waals surface area contributed by atoms with Crippen molar-refractivity contribution in [2.24, 2.45) is 5.92 Å². The van der Waals surface area contributed by atoms with Crippen molar-refractivity contribution in [3.8, 4) is 5.69 Å². The van der Waals surface area contributed by atoms with Crippen molar-refractivity contribution in [1.82, 2.24) is 15.1 Å². The molecule has 0 aliphatic carbocycles. The molecule has 0 atom stereocenters. The lowest BCUT2D eigenvalue weighted by atomic mass is 10.1. The summed E-state index contributed by atoms with van der Waals surface area (Å²) in [7, 11) is 0. The lowest BCUT2D eigenvalue weighted by Crippen LogP contribution is -2.20. The van der Waals surface area contributed by atoms with Gasteiger partial charge in [0, 0.05) is 17.8 Å². The van der Waals surface area contributed by atoms with Gasteiger partial charge in [-0.1, -0.05) is 25.4 Å². The van der Waals surface area contributed by atoms with Gasteiger partial charge in [-0.3, -0.25) is 0 Å². The van der Waals surface area contributed by atoms with Crippen LogP contribution in [-0.4, -0.2) is 16.3 Å². The first-order valence-corrected chi connectivity index (χ1v) is 6.96. The quantitative estimate of drug-likeness (QED) is 0.905. The predicted molar refractivity (Wildman–Crippen MR) is 79.9 cm³/mol. The first kappa shape index (κ1) is 14.1. The van der Waals surface area contributed by atoms with Crippen molar-refractivity contribution >= 4 is 11.6 Å². The fraction of sp³-hybridized carbons (Fsp3) is 0.400. The van der Waals surface area contributed by atoms with Crippen molar-refractivity contribution in [2.45, 2.75) is 27.3 Å². The normalized spacial score (nSPS) is 11.2. The number of hydrogen-bond acceptors (Lipinski definition) is 2. The van der Waals surface area contributed by atoms with Crippen LogP contribution in [0.15, 0.2) is 30.5 Å². The first-order valence-electron chi connectivity index (χ1n) is 6.58. The number of benzene rings is 1. The summed E-state index contributed by atoms with van der Waals surface area (Å²) in [5.41, 5.74) is 3.25. The standard InChI is InChI=1S/C15H20ClN3/c1-11(2)9-17-10-13-8-14(16)4-5-15(13)19-7-6-12(3)18-19/h4-8,11,17H,9-10H2,1-3H3. The van der Waals surface area contributed by atoms with Crippen LogP contribution in [0.25, 0.3) is 5.69 Å². The minimum absolute atomic E-state index is 0.634. The maximum absolute atomic E-state index is 6.09. The van der Waals surface area contributed by atoms with Crippen molar-refractivity contribution in [3.05, 3.63) is 46.7 Å². The minimum Gasteiger partial charge on any atom is -0.312 e. The van der Waals surface area contributed by atoms with Crippen LogP contribution < -0.4 is 5.32 Å². The molecule has 0 fully saturated rings. The maximum Gasteiger partial charge on any atom is 0.0691 e. The predicted octanol–water partition coefficient (Wildman–Crippen LogP) is 3.58. The Labute approximate surface area is 119 Å². The van der Waals surface area contributed by atoms with Crippen LogP contribution in [0.1, 0.15) is 25.1 Å². The summed E-state index contributed by atoms with van der Waals surface area (Å²) in [5, 5.41) is 8.66. The van der Waals surface area contributed by atoms with Gasteiger partial charge in [-0.05, 0) is 49.2 Å². The van der Waals surface area contributed by atoms with Crippen molar-refractivity contribution < 1.29 is 0 Å². The van der Waals surface area contributed by atoms with Gasteiger partial charge in [0.2, 0.25) is 0 Å². The highest BCUT2D eigenvalue weighted by Gasteiger charge is 2.07. The van der Waals surface area contributed by atoms with E-state index in [0.717, 1.165) is 35.1 Å². The molecule has 0 saturated heterocycles. The van der Waals surface area contributed by atoms with Gasteiger partial charge >= 0.3 is 0 Å². The van der Waals surface area contributed by atoms with Crippen LogP contribution in [0.3, 0.4) is 0 Å². The van der Waals surface area contributed by atoms with Gasteiger partial charge in [0.25, 0.3) is 0 Å². The minimum atomic E-state index is 0.634. The van der Waals surface area contributed by atoms with Crippen LogP contribution in [-0.2, 0) is 6.54 Å². The van der Waals surface area contributed by atoms with Crippen LogP contribution in [0, 0.1) is 12.8 Å². The molecule has 0 unspecified atom stereocenters. The molecule has 1 aromatic carbocycles. The highest BCUT2D eigenvalue weighted by molar-refractivity contribution is 6.30. The molecule has 2 aromatic rings. The average molecular weight is 278 g/mol. The second-order valence-corrected chi connectivity index (χ2v) is 5.64. The Morgan fingerprint density at radius 2 is 2.11 bits per heavy atom. The lowest BCUT2D eigenvalue weighted by Gasteiger charge is -2.12. The molecule has 1 N–H and O–H groups in total. The topological polar surface area (TPSA) is 29.9 Å². The van der Waals surface area contributed by atoms with E-state index in [0.29, 0.717) is 5.92 Å². The second kappa shape index (κ2) is 6.22. The van der Waals surface area contributed by atoms with Gasteiger partial charge in [-0.2, -0.15) is 5.10 Å². The molecule has 102 valence electrons. The fourth-order valence-electron chi connectivity index (χ4n) is 1.96. The Hall–Kier alpha value is -1.32. The molecule has 0 aliphatic heterocycles. The summed E-state index contributed by atoms with van der Waals surface area (Å²) in [6.07, 6.45) is 1.98. The van der Waals surface area contributed by atoms with E-state index < -0.39 is 0 Å². The van der Waals surface area contributed by atoms with E-state index in [-0.39, 0.29) is 0 Å². The average Bonchev–Trinajstić information content (AvgIpc) is 2.75. The highest BCUT2D eigenvalue weighted by atomic mass is 35.5. The Morgan fingerprint density at radius 3 is 2.74 bits per heavy atom. The van der Waals surface area contributed by atoms with Crippen molar-refractivity contribution in [2.75, 3.05) is 6.54 Å². The monoisotopic (exact) mass is 277 g/mol. The smallest absolute Gasteiger partial charge is 0.0691 e. The maximum atomic E-state index is 6.09. The summed E-state index contributed by atoms with van der Waals surface area (Å²) in [5.74, 6) is 0.634. The Bertz CT molecular complexity index is 546. The van der Waals surface area contributed by atoms with E-state index in [1.54, 1.807) is 0 Å². The fourth-order valence-corrected chi connectivity index (χ4v) is 2.16. The van der Waals surface area contributed by atoms with Gasteiger partial charge in [0.15, 0.2) is 0 Å². The Morgan fingerprint density at radius 1 is 1.32 bits per heavy atom. The lowest BCUT2D eigenvalue weighted by molar-refractivity contribution is 0.551. The number of aromatic nitrogens is 2. The van der Waals surface area contributed by atoms with E-state index in [9.17, 15) is 0 Å². The Balaban J connectivity index is 2.23. The number of nitrogens with one attached hydrogen (secondary N) is 1. The van der Waals surface area contributed by atoms with Crippen LogP contribution in [0.4, 0.5) is 0 Å². The van der Waals surface area contributed by atoms with Gasteiger partial charge in [-0.25, -0.2) is 4.68 Å². The van der Waals surface area contributed by atoms with Gasteiger partial charge < -0.3 is 5.32 Å². The zero-order chi connectivity index (χ0) is 13.8. The Kier molecular flexibility index (Phi) is 4.61. The number of aryl methyl sites for hydroxylation is 1. The summed E-state index contributed by atoms with van der Waals surface area (Å²) in [6, 6.07) is 7.92. The van der Waals surface area contributed by atoms with Crippen LogP contribution in [0.5, 0.6) is 0 Å². The van der Waals surface area contributed by atoms with Crippen molar-refractivity contribution in [3.63, 3.8) is 0 Å². The molecule has 19 heavy (non-hydrogen) atoms. The molecule has 0 amide bonds. The summed E-state index contributed by atoms with van der Waals surface area (Å²) < 4.78 is 1.90. The number of hydrogen-bond donors (Lipinski definition) is 1. The van der Waals surface area contributed by atoms with Crippen LogP contribution in [0.2, 0.25) is 5.02 Å².